The molecule has 0 spiro atoms. The maximum absolute atomic E-state index is 14.8. The Kier molecular flexibility index (Phi) is 12.7. The van der Waals surface area contributed by atoms with Gasteiger partial charge in [-0.15, -0.1) is 0 Å². The summed E-state index contributed by atoms with van der Waals surface area (Å²) in [5, 5.41) is 39.4. The van der Waals surface area contributed by atoms with E-state index in [9.17, 15) is 24.5 Å². The highest BCUT2D eigenvalue weighted by molar-refractivity contribution is 5.82. The molecule has 6 nitrogen and oxygen atoms in total. The van der Waals surface area contributed by atoms with Crippen molar-refractivity contribution >= 4 is 5.91 Å². The van der Waals surface area contributed by atoms with Gasteiger partial charge >= 0.3 is 0 Å². The number of carbonyl (C=O) groups excluding carboxylic acids is 1. The van der Waals surface area contributed by atoms with Crippen molar-refractivity contribution in [3.05, 3.63) is 108 Å². The van der Waals surface area contributed by atoms with Crippen molar-refractivity contribution in [2.45, 2.75) is 75.8 Å². The minimum Gasteiger partial charge on any atom is -0.388 e. The Morgan fingerprint density at radius 3 is 1.49 bits per heavy atom. The van der Waals surface area contributed by atoms with E-state index in [2.05, 4.69) is 10.6 Å². The van der Waals surface area contributed by atoms with Gasteiger partial charge in [0.2, 0.25) is 5.91 Å². The molecule has 1 fully saturated rings. The molecule has 1 aliphatic heterocycles. The number of rotatable bonds is 15. The van der Waals surface area contributed by atoms with Crippen LogP contribution in [0.2, 0.25) is 0 Å². The van der Waals surface area contributed by atoms with E-state index in [-0.39, 0.29) is 23.7 Å². The molecule has 232 valence electrons. The predicted octanol–water partition coefficient (Wildman–Crippen LogP) is 5.82. The Morgan fingerprint density at radius 1 is 0.698 bits per heavy atom. The number of aliphatic hydroxyl groups is 3. The lowest BCUT2D eigenvalue weighted by Crippen LogP contribution is -2.62. The van der Waals surface area contributed by atoms with Crippen molar-refractivity contribution in [1.82, 2.24) is 10.6 Å². The molecule has 5 N–H and O–H groups in total. The van der Waals surface area contributed by atoms with Crippen molar-refractivity contribution in [2.24, 2.45) is 17.8 Å². The third-order valence-electron chi connectivity index (χ3n) is 9.11. The summed E-state index contributed by atoms with van der Waals surface area (Å²) in [4.78, 5) is 13.4. The van der Waals surface area contributed by atoms with Crippen molar-refractivity contribution in [3.63, 3.8) is 0 Å². The van der Waals surface area contributed by atoms with Crippen LogP contribution in [0.3, 0.4) is 0 Å². The first-order valence-corrected chi connectivity index (χ1v) is 15.7. The van der Waals surface area contributed by atoms with Gasteiger partial charge in [-0.2, -0.15) is 0 Å². The fourth-order valence-electron chi connectivity index (χ4n) is 6.85. The average molecular weight is 591 g/mol. The van der Waals surface area contributed by atoms with E-state index < -0.39 is 37.1 Å². The highest BCUT2D eigenvalue weighted by Crippen LogP contribution is 2.43. The van der Waals surface area contributed by atoms with Crippen LogP contribution in [-0.2, 0) is 4.79 Å². The summed E-state index contributed by atoms with van der Waals surface area (Å²) < 4.78 is 14.8. The molecule has 3 unspecified atom stereocenters. The maximum atomic E-state index is 14.8. The highest BCUT2D eigenvalue weighted by atomic mass is 19.1. The van der Waals surface area contributed by atoms with E-state index in [1.165, 1.54) is 0 Å². The Balaban J connectivity index is 1.61. The number of hydrogen-bond donors (Lipinski definition) is 5. The van der Waals surface area contributed by atoms with Gasteiger partial charge in [0.25, 0.3) is 0 Å². The van der Waals surface area contributed by atoms with Gasteiger partial charge in [0.1, 0.15) is 6.67 Å². The lowest BCUT2D eigenvalue weighted by molar-refractivity contribution is -0.128. The van der Waals surface area contributed by atoms with Gasteiger partial charge in [0.15, 0.2) is 0 Å². The lowest BCUT2D eigenvalue weighted by atomic mass is 9.65. The molecule has 1 saturated heterocycles. The summed E-state index contributed by atoms with van der Waals surface area (Å²) in [5.74, 6) is -0.652. The molecule has 8 atom stereocenters. The zero-order chi connectivity index (χ0) is 30.6. The van der Waals surface area contributed by atoms with E-state index >= 15 is 0 Å². The van der Waals surface area contributed by atoms with E-state index in [1.54, 1.807) is 0 Å². The third-order valence-corrected chi connectivity index (χ3v) is 9.11. The molecule has 43 heavy (non-hydrogen) atoms. The van der Waals surface area contributed by atoms with Gasteiger partial charge < -0.3 is 20.6 Å². The van der Waals surface area contributed by atoms with Crippen LogP contribution < -0.4 is 10.6 Å². The number of amides is 1. The maximum Gasteiger partial charge on any atom is 0.237 e. The number of nitrogens with one attached hydrogen (secondary N) is 2. The fourth-order valence-corrected chi connectivity index (χ4v) is 6.85. The highest BCUT2D eigenvalue weighted by Gasteiger charge is 2.46. The zero-order valence-electron chi connectivity index (χ0n) is 25.1. The van der Waals surface area contributed by atoms with Crippen LogP contribution in [0, 0.1) is 17.8 Å². The molecule has 7 heteroatoms. The fraction of sp³-hybridized carbons (Fsp3) is 0.472. The second-order valence-corrected chi connectivity index (χ2v) is 11.8. The van der Waals surface area contributed by atoms with Crippen LogP contribution >= 0.6 is 0 Å². The van der Waals surface area contributed by atoms with Gasteiger partial charge in [-0.1, -0.05) is 91.0 Å². The smallest absolute Gasteiger partial charge is 0.237 e. The molecule has 0 radical (unpaired) electrons. The Labute approximate surface area is 255 Å². The van der Waals surface area contributed by atoms with Gasteiger partial charge in [0.05, 0.1) is 24.4 Å². The Hall–Kier alpha value is -3.10. The van der Waals surface area contributed by atoms with Crippen molar-refractivity contribution in [3.8, 4) is 0 Å². The van der Waals surface area contributed by atoms with Crippen molar-refractivity contribution < 1.29 is 24.5 Å². The summed E-state index contributed by atoms with van der Waals surface area (Å²) in [7, 11) is 0. The molecule has 3 aromatic rings. The standard InChI is InChI=1S/C36H47FN2O4/c1-2-38-36(43)35-30(20-23-34(42)27-16-10-5-11-17-27)28(18-21-32(40)25-12-6-3-7-13-25)29(31(24-37)39-35)19-22-33(41)26-14-8-4-9-15-26/h3-17,28-35,39-42H,2,18-24H2,1H3,(H,38,43)/t28-,29+,30+,31+,32?,33?,34?,35-/m0/s1. The largest absolute Gasteiger partial charge is 0.388 e. The quantitative estimate of drug-likeness (QED) is 0.154. The second-order valence-electron chi connectivity index (χ2n) is 11.8. The van der Waals surface area contributed by atoms with Gasteiger partial charge in [-0.05, 0) is 79.9 Å². The summed E-state index contributed by atoms with van der Waals surface area (Å²) in [6, 6.07) is 27.3. The monoisotopic (exact) mass is 590 g/mol. The minimum absolute atomic E-state index is 0.112. The normalized spacial score (nSPS) is 24.2. The van der Waals surface area contributed by atoms with Gasteiger partial charge in [-0.3, -0.25) is 10.1 Å². The molecule has 0 aromatic heterocycles. The number of piperidine rings is 1. The van der Waals surface area contributed by atoms with Gasteiger partial charge in [0, 0.05) is 12.6 Å². The van der Waals surface area contributed by atoms with Crippen molar-refractivity contribution in [2.75, 3.05) is 13.2 Å². The number of hydrogen-bond acceptors (Lipinski definition) is 5. The number of likely N-dealkylation sites (N-methyl/N-ethyl adjacent to an activating group) is 1. The first-order chi connectivity index (χ1) is 20.9. The predicted molar refractivity (Wildman–Crippen MR) is 168 cm³/mol. The number of halogens is 1. The van der Waals surface area contributed by atoms with E-state index in [0.717, 1.165) is 16.7 Å². The molecular weight excluding hydrogens is 543 g/mol. The molecule has 0 aliphatic carbocycles. The Morgan fingerprint density at radius 2 is 1.09 bits per heavy atom. The first-order valence-electron chi connectivity index (χ1n) is 15.7. The van der Waals surface area contributed by atoms with Crippen molar-refractivity contribution in [1.29, 1.82) is 0 Å². The number of benzene rings is 3. The molecule has 1 heterocycles. The molecule has 3 aromatic carbocycles. The number of aliphatic hydroxyl groups excluding tert-OH is 3. The molecule has 0 saturated carbocycles. The molecule has 1 amide bonds. The summed E-state index contributed by atoms with van der Waals surface area (Å²) >= 11 is 0. The summed E-state index contributed by atoms with van der Waals surface area (Å²) in [6.07, 6.45) is 0.999. The van der Waals surface area contributed by atoms with Crippen LogP contribution in [0.1, 0.15) is 80.5 Å². The number of alkyl halides is 1. The van der Waals surface area contributed by atoms with E-state index in [0.29, 0.717) is 45.1 Å². The summed E-state index contributed by atoms with van der Waals surface area (Å²) in [5.41, 5.74) is 2.47. The van der Waals surface area contributed by atoms with Crippen LogP contribution in [0.25, 0.3) is 0 Å². The first kappa shape index (κ1) is 32.8. The SMILES string of the molecule is CCNC(=O)[C@H]1N[C@H](CF)[C@H](CCC(O)c2ccccc2)[C@H](CCC(O)c2ccccc2)[C@H]1CCC(O)c1ccccc1. The molecular formula is C36H47FN2O4. The number of carbonyl (C=O) groups is 1. The molecule has 1 aliphatic rings. The van der Waals surface area contributed by atoms with Crippen LogP contribution in [-0.4, -0.2) is 46.5 Å². The zero-order valence-corrected chi connectivity index (χ0v) is 25.1. The topological polar surface area (TPSA) is 102 Å². The van der Waals surface area contributed by atoms with Crippen LogP contribution in [0.4, 0.5) is 4.39 Å². The Bertz CT molecular complexity index is 1220. The lowest BCUT2D eigenvalue weighted by Gasteiger charge is -2.48. The molecule has 0 bridgehead atoms. The second kappa shape index (κ2) is 16.7. The van der Waals surface area contributed by atoms with E-state index in [4.69, 9.17) is 0 Å². The van der Waals surface area contributed by atoms with Gasteiger partial charge in [-0.25, -0.2) is 4.39 Å². The van der Waals surface area contributed by atoms with Crippen LogP contribution in [0.5, 0.6) is 0 Å². The summed E-state index contributed by atoms with van der Waals surface area (Å²) in [6.45, 7) is 1.68. The average Bonchev–Trinajstić information content (AvgIpc) is 3.06. The molecule has 4 rings (SSSR count). The van der Waals surface area contributed by atoms with E-state index in [1.807, 2.05) is 97.9 Å². The van der Waals surface area contributed by atoms with Crippen LogP contribution in [0.15, 0.2) is 91.0 Å². The third kappa shape index (κ3) is 8.96. The minimum atomic E-state index is -0.691.